The molecule has 1 aliphatic carbocycles. The summed E-state index contributed by atoms with van der Waals surface area (Å²) in [5.74, 6) is 0. The summed E-state index contributed by atoms with van der Waals surface area (Å²) >= 11 is 0. The van der Waals surface area contributed by atoms with Gasteiger partial charge in [-0.05, 0) is 32.4 Å². The molecule has 4 heteroatoms. The summed E-state index contributed by atoms with van der Waals surface area (Å²) in [4.78, 5) is 5.30. The van der Waals surface area contributed by atoms with Crippen LogP contribution < -0.4 is 5.32 Å². The molecule has 0 aromatic rings. The smallest absolute Gasteiger partial charge is 0.0594 e. The number of hydrogen-bond donors (Lipinski definition) is 1. The molecule has 2 saturated heterocycles. The Balaban J connectivity index is 1.39. The number of nitrogens with one attached hydrogen (secondary N) is 1. The molecular weight excluding hydrogens is 226 g/mol. The maximum Gasteiger partial charge on any atom is 0.0594 e. The lowest BCUT2D eigenvalue weighted by Gasteiger charge is -2.39. The molecular formula is C14H27N3O. The van der Waals surface area contributed by atoms with Crippen LogP contribution in [0.25, 0.3) is 0 Å². The maximum absolute atomic E-state index is 5.39. The fraction of sp³-hybridized carbons (Fsp3) is 1.00. The molecule has 2 aliphatic heterocycles. The van der Waals surface area contributed by atoms with Crippen LogP contribution in [0.4, 0.5) is 0 Å². The van der Waals surface area contributed by atoms with Crippen LogP contribution in [0.5, 0.6) is 0 Å². The lowest BCUT2D eigenvalue weighted by atomic mass is 10.1. The van der Waals surface area contributed by atoms with E-state index in [1.807, 2.05) is 0 Å². The molecule has 3 aliphatic rings. The highest BCUT2D eigenvalue weighted by Crippen LogP contribution is 2.26. The topological polar surface area (TPSA) is 27.7 Å². The molecule has 0 spiro atoms. The summed E-state index contributed by atoms with van der Waals surface area (Å²) in [5.41, 5.74) is 0. The van der Waals surface area contributed by atoms with Crippen molar-refractivity contribution >= 4 is 0 Å². The lowest BCUT2D eigenvalue weighted by Crippen LogP contribution is -2.55. The molecule has 1 N–H and O–H groups in total. The number of ether oxygens (including phenoxy) is 1. The third-order valence-electron chi connectivity index (χ3n) is 4.78. The zero-order chi connectivity index (χ0) is 12.2. The van der Waals surface area contributed by atoms with Gasteiger partial charge in [0, 0.05) is 38.3 Å². The van der Waals surface area contributed by atoms with E-state index in [-0.39, 0.29) is 0 Å². The van der Waals surface area contributed by atoms with Gasteiger partial charge in [-0.3, -0.25) is 9.80 Å². The van der Waals surface area contributed by atoms with E-state index in [0.717, 1.165) is 38.4 Å². The van der Waals surface area contributed by atoms with Gasteiger partial charge in [-0.2, -0.15) is 0 Å². The van der Waals surface area contributed by atoms with Gasteiger partial charge in [0.05, 0.1) is 13.2 Å². The molecule has 4 nitrogen and oxygen atoms in total. The number of rotatable bonds is 4. The average Bonchev–Trinajstić information content (AvgIpc) is 2.89. The Morgan fingerprint density at radius 2 is 1.94 bits per heavy atom. The molecule has 3 fully saturated rings. The molecule has 2 heterocycles. The minimum absolute atomic E-state index is 0.794. The van der Waals surface area contributed by atoms with Gasteiger partial charge in [0.15, 0.2) is 0 Å². The maximum atomic E-state index is 5.39. The molecule has 0 aromatic carbocycles. The average molecular weight is 253 g/mol. The summed E-state index contributed by atoms with van der Waals surface area (Å²) < 4.78 is 5.39. The molecule has 18 heavy (non-hydrogen) atoms. The van der Waals surface area contributed by atoms with Gasteiger partial charge in [-0.15, -0.1) is 0 Å². The molecule has 0 radical (unpaired) electrons. The molecule has 0 unspecified atom stereocenters. The Labute approximate surface area is 111 Å². The lowest BCUT2D eigenvalue weighted by molar-refractivity contribution is 0.0344. The monoisotopic (exact) mass is 253 g/mol. The third kappa shape index (κ3) is 3.05. The Morgan fingerprint density at radius 1 is 1.06 bits per heavy atom. The molecule has 1 saturated carbocycles. The van der Waals surface area contributed by atoms with Crippen molar-refractivity contribution in [1.82, 2.24) is 15.1 Å². The number of hydrogen-bond acceptors (Lipinski definition) is 4. The van der Waals surface area contributed by atoms with Crippen LogP contribution in [0.15, 0.2) is 0 Å². The summed E-state index contributed by atoms with van der Waals surface area (Å²) in [6.07, 6.45) is 5.55. The Kier molecular flexibility index (Phi) is 4.52. The van der Waals surface area contributed by atoms with Crippen LogP contribution in [0.2, 0.25) is 0 Å². The van der Waals surface area contributed by atoms with Crippen molar-refractivity contribution in [1.29, 1.82) is 0 Å². The van der Waals surface area contributed by atoms with Gasteiger partial charge in [-0.25, -0.2) is 0 Å². The third-order valence-corrected chi connectivity index (χ3v) is 4.78. The quantitative estimate of drug-likeness (QED) is 0.791. The Bertz CT molecular complexity index is 255. The van der Waals surface area contributed by atoms with Crippen molar-refractivity contribution in [2.75, 3.05) is 52.5 Å². The fourth-order valence-corrected chi connectivity index (χ4v) is 3.77. The van der Waals surface area contributed by atoms with Crippen LogP contribution in [0, 0.1) is 0 Å². The predicted molar refractivity (Wildman–Crippen MR) is 72.9 cm³/mol. The minimum Gasteiger partial charge on any atom is -0.379 e. The molecule has 0 amide bonds. The Morgan fingerprint density at radius 3 is 2.83 bits per heavy atom. The summed E-state index contributed by atoms with van der Waals surface area (Å²) in [6, 6.07) is 1.63. The first-order chi connectivity index (χ1) is 8.93. The predicted octanol–water partition coefficient (Wildman–Crippen LogP) is 0.535. The summed E-state index contributed by atoms with van der Waals surface area (Å²) in [6.45, 7) is 9.12. The van der Waals surface area contributed by atoms with E-state index in [9.17, 15) is 0 Å². The highest BCUT2D eigenvalue weighted by molar-refractivity contribution is 4.93. The van der Waals surface area contributed by atoms with Crippen LogP contribution in [-0.2, 0) is 4.74 Å². The van der Waals surface area contributed by atoms with Gasteiger partial charge in [0.2, 0.25) is 0 Å². The van der Waals surface area contributed by atoms with Crippen molar-refractivity contribution in [3.8, 4) is 0 Å². The van der Waals surface area contributed by atoms with Crippen LogP contribution in [0.1, 0.15) is 25.7 Å². The second-order valence-electron chi connectivity index (χ2n) is 5.90. The largest absolute Gasteiger partial charge is 0.379 e. The fourth-order valence-electron chi connectivity index (χ4n) is 3.77. The molecule has 104 valence electrons. The summed E-state index contributed by atoms with van der Waals surface area (Å²) in [7, 11) is 0. The van der Waals surface area contributed by atoms with Gasteiger partial charge in [0.1, 0.15) is 0 Å². The van der Waals surface area contributed by atoms with Gasteiger partial charge >= 0.3 is 0 Å². The first-order valence-electron chi connectivity index (χ1n) is 7.71. The van der Waals surface area contributed by atoms with Crippen LogP contribution in [-0.4, -0.2) is 74.4 Å². The number of piperazine rings is 1. The van der Waals surface area contributed by atoms with E-state index >= 15 is 0 Å². The number of fused-ring (bicyclic) bond motifs is 1. The van der Waals surface area contributed by atoms with Crippen molar-refractivity contribution in [3.63, 3.8) is 0 Å². The van der Waals surface area contributed by atoms with E-state index in [0.29, 0.717) is 0 Å². The van der Waals surface area contributed by atoms with Gasteiger partial charge in [0.25, 0.3) is 0 Å². The van der Waals surface area contributed by atoms with Crippen molar-refractivity contribution in [2.24, 2.45) is 0 Å². The molecule has 0 aromatic heterocycles. The summed E-state index contributed by atoms with van der Waals surface area (Å²) in [5, 5.41) is 3.68. The molecule has 3 rings (SSSR count). The van der Waals surface area contributed by atoms with E-state index in [1.54, 1.807) is 0 Å². The minimum atomic E-state index is 0.794. The molecule has 0 bridgehead atoms. The standard InChI is InChI=1S/C14H27N3O/c1-3-13-14(4-1)17(8-5-15-13)7-2-6-16-9-11-18-12-10-16/h13-15H,1-12H2/t13-,14+/m1/s1. The SMILES string of the molecule is C1C[C@H]2NCCN(CCCN3CCOCC3)[C@H]2C1. The second-order valence-corrected chi connectivity index (χ2v) is 5.90. The number of morpholine rings is 1. The van der Waals surface area contributed by atoms with E-state index in [2.05, 4.69) is 15.1 Å². The van der Waals surface area contributed by atoms with E-state index in [4.69, 9.17) is 4.74 Å². The normalized spacial score (nSPS) is 34.7. The highest BCUT2D eigenvalue weighted by atomic mass is 16.5. The zero-order valence-electron chi connectivity index (χ0n) is 11.4. The zero-order valence-corrected chi connectivity index (χ0v) is 11.4. The van der Waals surface area contributed by atoms with Crippen LogP contribution >= 0.6 is 0 Å². The second kappa shape index (κ2) is 6.33. The van der Waals surface area contributed by atoms with Crippen molar-refractivity contribution in [3.05, 3.63) is 0 Å². The Hall–Kier alpha value is -0.160. The van der Waals surface area contributed by atoms with Gasteiger partial charge in [-0.1, -0.05) is 6.42 Å². The number of nitrogens with zero attached hydrogens (tertiary/aromatic N) is 2. The van der Waals surface area contributed by atoms with Crippen molar-refractivity contribution in [2.45, 2.75) is 37.8 Å². The van der Waals surface area contributed by atoms with Crippen molar-refractivity contribution < 1.29 is 4.74 Å². The first-order valence-corrected chi connectivity index (χ1v) is 7.71. The van der Waals surface area contributed by atoms with Crippen LogP contribution in [0.3, 0.4) is 0 Å². The highest BCUT2D eigenvalue weighted by Gasteiger charge is 2.34. The van der Waals surface area contributed by atoms with Gasteiger partial charge < -0.3 is 10.1 Å². The van der Waals surface area contributed by atoms with E-state index < -0.39 is 0 Å². The van der Waals surface area contributed by atoms with E-state index in [1.165, 1.54) is 51.9 Å². The molecule has 2 atom stereocenters. The first kappa shape index (κ1) is 12.9.